The molecular weight excluding hydrogens is 675 g/mol. The lowest BCUT2D eigenvalue weighted by Crippen LogP contribution is -2.29. The van der Waals surface area contributed by atoms with Gasteiger partial charge in [-0.3, -0.25) is 14.1 Å². The summed E-state index contributed by atoms with van der Waals surface area (Å²) in [4.78, 5) is 42.8. The molecule has 0 aromatic carbocycles. The van der Waals surface area contributed by atoms with Crippen LogP contribution in [0.2, 0.25) is 0 Å². The number of hydrogen-bond donors (Lipinski definition) is 2. The summed E-state index contributed by atoms with van der Waals surface area (Å²) in [6, 6.07) is 0. The van der Waals surface area contributed by atoms with Gasteiger partial charge in [0.1, 0.15) is 6.61 Å². The summed E-state index contributed by atoms with van der Waals surface area (Å²) < 4.78 is 26.3. The van der Waals surface area contributed by atoms with Crippen molar-refractivity contribution >= 4 is 19.8 Å². The third-order valence-corrected chi connectivity index (χ3v) is 8.68. The molecule has 52 heavy (non-hydrogen) atoms. The molecule has 0 saturated carbocycles. The normalized spacial score (nSPS) is 13.2. The molecule has 0 fully saturated rings. The Morgan fingerprint density at radius 2 is 0.885 bits per heavy atom. The van der Waals surface area contributed by atoms with Crippen LogP contribution < -0.4 is 0 Å². The first-order valence-corrected chi connectivity index (χ1v) is 21.8. The summed E-state index contributed by atoms with van der Waals surface area (Å²) >= 11 is 0. The quantitative estimate of drug-likeness (QED) is 0.0281. The number of esters is 2. The molecule has 0 rings (SSSR count). The van der Waals surface area contributed by atoms with E-state index in [1.807, 2.05) is 6.08 Å². The highest BCUT2D eigenvalue weighted by molar-refractivity contribution is 7.46. The fraction of sp³-hybridized carbons (Fsp3) is 0.674. The number of phosphoric acid groups is 1. The fourth-order valence-electron chi connectivity index (χ4n) is 5.16. The monoisotopic (exact) mass is 749 g/mol. The van der Waals surface area contributed by atoms with E-state index in [0.717, 1.165) is 64.2 Å². The van der Waals surface area contributed by atoms with Gasteiger partial charge >= 0.3 is 19.8 Å². The Bertz CT molecular complexity index is 1070. The third kappa shape index (κ3) is 40.3. The molecule has 0 bridgehead atoms. The Kier molecular flexibility index (Phi) is 36.4. The van der Waals surface area contributed by atoms with Crippen molar-refractivity contribution in [3.8, 4) is 0 Å². The molecule has 0 aromatic rings. The molecule has 9 heteroatoms. The molecule has 0 aliphatic carbocycles. The van der Waals surface area contributed by atoms with E-state index in [9.17, 15) is 14.2 Å². The predicted octanol–water partition coefficient (Wildman–Crippen LogP) is 12.3. The molecule has 0 heterocycles. The number of carbonyl (C=O) groups excluding carboxylic acids is 2. The second-order valence-corrected chi connectivity index (χ2v) is 14.5. The van der Waals surface area contributed by atoms with Crippen LogP contribution in [0.4, 0.5) is 0 Å². The second kappa shape index (κ2) is 38.2. The van der Waals surface area contributed by atoms with E-state index in [1.165, 1.54) is 64.2 Å². The van der Waals surface area contributed by atoms with Gasteiger partial charge < -0.3 is 19.3 Å². The number of allylic oxidation sites excluding steroid dienone is 12. The molecule has 0 aromatic heterocycles. The standard InChI is InChI=1S/C43H73O8P/c1-3-5-7-9-11-13-15-17-19-21-23-25-27-29-31-33-35-37-42(44)49-39-41(40-50-52(46,47)48)51-43(45)38-36-34-32-30-28-26-24-22-20-18-16-14-12-10-8-6-4-2/h12,14,17-20,23-26,29,31,41H,3-11,13,15-16,21-22,27-28,30,32-40H2,1-2H3,(H2,46,47,48)/b14-12-,19-17-,20-18-,25-23-,26-24-,31-29-/t41-/m1/s1. The van der Waals surface area contributed by atoms with Crippen LogP contribution >= 0.6 is 7.82 Å². The van der Waals surface area contributed by atoms with Gasteiger partial charge in [0.2, 0.25) is 0 Å². The Morgan fingerprint density at radius 3 is 1.38 bits per heavy atom. The SMILES string of the molecule is CCCCC/C=C\C/C=C\C/C=C\CCCCCCC(=O)O[C@H](COC(=O)CCC/C=C\C/C=C\C/C=C\CCCCCCCC)COP(=O)(O)O. The second-order valence-electron chi connectivity index (χ2n) is 13.2. The zero-order chi connectivity index (χ0) is 38.2. The number of rotatable bonds is 36. The smallest absolute Gasteiger partial charge is 0.462 e. The first kappa shape index (κ1) is 49.5. The van der Waals surface area contributed by atoms with Gasteiger partial charge in [-0.05, 0) is 83.5 Å². The van der Waals surface area contributed by atoms with Crippen LogP contribution in [0.1, 0.15) is 168 Å². The van der Waals surface area contributed by atoms with Crippen molar-refractivity contribution in [3.63, 3.8) is 0 Å². The molecule has 0 saturated heterocycles. The zero-order valence-corrected chi connectivity index (χ0v) is 33.6. The van der Waals surface area contributed by atoms with Crippen LogP contribution in [0.5, 0.6) is 0 Å². The summed E-state index contributed by atoms with van der Waals surface area (Å²) in [5.74, 6) is -0.977. The summed E-state index contributed by atoms with van der Waals surface area (Å²) in [6.07, 6.45) is 49.1. The van der Waals surface area contributed by atoms with Crippen LogP contribution in [0.25, 0.3) is 0 Å². The lowest BCUT2D eigenvalue weighted by Gasteiger charge is -2.18. The molecule has 1 atom stereocenters. The fourth-order valence-corrected chi connectivity index (χ4v) is 5.52. The van der Waals surface area contributed by atoms with Crippen molar-refractivity contribution < 1.29 is 37.9 Å². The van der Waals surface area contributed by atoms with Gasteiger partial charge in [0, 0.05) is 12.8 Å². The third-order valence-electron chi connectivity index (χ3n) is 8.20. The Hall–Kier alpha value is -2.51. The van der Waals surface area contributed by atoms with Gasteiger partial charge in [0.15, 0.2) is 6.10 Å². The Balaban J connectivity index is 4.09. The molecular formula is C43H73O8P. The highest BCUT2D eigenvalue weighted by Crippen LogP contribution is 2.36. The average molecular weight is 749 g/mol. The van der Waals surface area contributed by atoms with Crippen LogP contribution in [-0.2, 0) is 28.2 Å². The van der Waals surface area contributed by atoms with Gasteiger partial charge in [0.25, 0.3) is 0 Å². The van der Waals surface area contributed by atoms with Gasteiger partial charge in [-0.2, -0.15) is 0 Å². The van der Waals surface area contributed by atoms with Gasteiger partial charge in [-0.1, -0.05) is 145 Å². The van der Waals surface area contributed by atoms with Crippen LogP contribution in [0.15, 0.2) is 72.9 Å². The number of carbonyl (C=O) groups is 2. The maximum Gasteiger partial charge on any atom is 0.469 e. The molecule has 0 spiro atoms. The molecule has 0 radical (unpaired) electrons. The highest BCUT2D eigenvalue weighted by atomic mass is 31.2. The molecule has 0 aliphatic rings. The maximum absolute atomic E-state index is 12.4. The molecule has 2 N–H and O–H groups in total. The van der Waals surface area contributed by atoms with Crippen molar-refractivity contribution in [2.45, 2.75) is 174 Å². The van der Waals surface area contributed by atoms with Crippen molar-refractivity contribution in [2.75, 3.05) is 13.2 Å². The first-order valence-electron chi connectivity index (χ1n) is 20.2. The van der Waals surface area contributed by atoms with Crippen LogP contribution in [0, 0.1) is 0 Å². The minimum Gasteiger partial charge on any atom is -0.462 e. The molecule has 0 amide bonds. The molecule has 0 aliphatic heterocycles. The number of hydrogen-bond acceptors (Lipinski definition) is 6. The summed E-state index contributed by atoms with van der Waals surface area (Å²) in [5, 5.41) is 0. The number of phosphoric ester groups is 1. The number of unbranched alkanes of at least 4 members (excludes halogenated alkanes) is 14. The van der Waals surface area contributed by atoms with Gasteiger partial charge in [-0.15, -0.1) is 0 Å². The van der Waals surface area contributed by atoms with E-state index in [-0.39, 0.29) is 19.4 Å². The minimum absolute atomic E-state index is 0.172. The van der Waals surface area contributed by atoms with Gasteiger partial charge in [0.05, 0.1) is 6.61 Å². The Morgan fingerprint density at radius 1 is 0.500 bits per heavy atom. The van der Waals surface area contributed by atoms with Crippen molar-refractivity contribution in [3.05, 3.63) is 72.9 Å². The van der Waals surface area contributed by atoms with Crippen LogP contribution in [0.3, 0.4) is 0 Å². The van der Waals surface area contributed by atoms with Crippen LogP contribution in [-0.4, -0.2) is 41.0 Å². The van der Waals surface area contributed by atoms with E-state index < -0.39 is 32.5 Å². The largest absolute Gasteiger partial charge is 0.469 e. The average Bonchev–Trinajstić information content (AvgIpc) is 3.11. The van der Waals surface area contributed by atoms with Crippen molar-refractivity contribution in [1.82, 2.24) is 0 Å². The summed E-state index contributed by atoms with van der Waals surface area (Å²) in [6.45, 7) is 3.58. The van der Waals surface area contributed by atoms with Crippen molar-refractivity contribution in [1.29, 1.82) is 0 Å². The lowest BCUT2D eigenvalue weighted by molar-refractivity contribution is -0.161. The number of ether oxygens (including phenoxy) is 2. The summed E-state index contributed by atoms with van der Waals surface area (Å²) in [7, 11) is -4.77. The summed E-state index contributed by atoms with van der Waals surface area (Å²) in [5.41, 5.74) is 0. The van der Waals surface area contributed by atoms with E-state index >= 15 is 0 Å². The molecule has 8 nitrogen and oxygen atoms in total. The van der Waals surface area contributed by atoms with Gasteiger partial charge in [-0.25, -0.2) is 4.57 Å². The van der Waals surface area contributed by atoms with Crippen molar-refractivity contribution in [2.24, 2.45) is 0 Å². The first-order chi connectivity index (χ1) is 25.3. The maximum atomic E-state index is 12.4. The zero-order valence-electron chi connectivity index (χ0n) is 32.7. The predicted molar refractivity (Wildman–Crippen MR) is 216 cm³/mol. The van der Waals surface area contributed by atoms with E-state index in [2.05, 4.69) is 85.2 Å². The lowest BCUT2D eigenvalue weighted by atomic mass is 10.1. The molecule has 298 valence electrons. The van der Waals surface area contributed by atoms with E-state index in [4.69, 9.17) is 19.3 Å². The highest BCUT2D eigenvalue weighted by Gasteiger charge is 2.22. The van der Waals surface area contributed by atoms with E-state index in [0.29, 0.717) is 12.8 Å². The topological polar surface area (TPSA) is 119 Å². The van der Waals surface area contributed by atoms with E-state index in [1.54, 1.807) is 0 Å². The Labute approximate surface area is 317 Å². The minimum atomic E-state index is -4.77. The molecule has 0 unspecified atom stereocenters.